The van der Waals surface area contributed by atoms with E-state index in [1.165, 1.54) is 11.0 Å². The maximum Gasteiger partial charge on any atom is 0.422 e. The zero-order valence-corrected chi connectivity index (χ0v) is 16.3. The molecule has 0 radical (unpaired) electrons. The van der Waals surface area contributed by atoms with Crippen LogP contribution in [0.2, 0.25) is 0 Å². The van der Waals surface area contributed by atoms with Crippen LogP contribution >= 0.6 is 0 Å². The van der Waals surface area contributed by atoms with Gasteiger partial charge in [0, 0.05) is 31.1 Å². The van der Waals surface area contributed by atoms with Crippen LogP contribution in [0.5, 0.6) is 11.8 Å². The van der Waals surface area contributed by atoms with E-state index in [2.05, 4.69) is 14.7 Å². The monoisotopic (exact) mass is 465 g/mol. The first-order chi connectivity index (χ1) is 15.0. The number of hydrogen-bond donors (Lipinski definition) is 0. The van der Waals surface area contributed by atoms with E-state index >= 15 is 0 Å². The van der Waals surface area contributed by atoms with E-state index in [0.29, 0.717) is 6.20 Å². The molecule has 2 aromatic rings. The number of pyridine rings is 2. The van der Waals surface area contributed by atoms with Gasteiger partial charge < -0.3 is 19.1 Å². The van der Waals surface area contributed by atoms with Gasteiger partial charge in [-0.05, 0) is 12.1 Å². The van der Waals surface area contributed by atoms with E-state index in [4.69, 9.17) is 9.47 Å². The molecule has 1 amide bonds. The van der Waals surface area contributed by atoms with Gasteiger partial charge in [0.25, 0.3) is 5.91 Å². The zero-order chi connectivity index (χ0) is 23.4. The molecule has 0 aliphatic carbocycles. The fraction of sp³-hybridized carbons (Fsp3) is 0.421. The Balaban J connectivity index is 1.52. The number of aromatic nitrogens is 2. The molecule has 0 aromatic carbocycles. The fourth-order valence-electron chi connectivity index (χ4n) is 2.75. The quantitative estimate of drug-likeness (QED) is 0.610. The fourth-order valence-corrected chi connectivity index (χ4v) is 2.75. The number of nitrogens with zero attached hydrogens (tertiary/aromatic N) is 3. The molecule has 174 valence electrons. The van der Waals surface area contributed by atoms with E-state index in [0.717, 1.165) is 24.4 Å². The number of rotatable bonds is 6. The van der Waals surface area contributed by atoms with E-state index in [-0.39, 0.29) is 43.6 Å². The summed E-state index contributed by atoms with van der Waals surface area (Å²) in [5.41, 5.74) is -0.755. The predicted octanol–water partition coefficient (Wildman–Crippen LogP) is 3.36. The van der Waals surface area contributed by atoms with Crippen LogP contribution in [0.25, 0.3) is 0 Å². The summed E-state index contributed by atoms with van der Waals surface area (Å²) in [5, 5.41) is 0. The van der Waals surface area contributed by atoms with Crippen LogP contribution in [0.1, 0.15) is 15.9 Å². The lowest BCUT2D eigenvalue weighted by atomic mass is 10.2. The summed E-state index contributed by atoms with van der Waals surface area (Å²) in [6, 6.07) is 4.39. The second kappa shape index (κ2) is 9.59. The van der Waals surface area contributed by atoms with Gasteiger partial charge in [-0.1, -0.05) is 0 Å². The molecule has 13 heteroatoms. The molecule has 32 heavy (non-hydrogen) atoms. The highest BCUT2D eigenvalue weighted by Gasteiger charge is 2.31. The molecule has 1 saturated heterocycles. The Labute approximate surface area is 177 Å². The number of ether oxygens (including phenoxy) is 3. The van der Waals surface area contributed by atoms with E-state index < -0.39 is 36.5 Å². The van der Waals surface area contributed by atoms with Crippen molar-refractivity contribution in [1.82, 2.24) is 14.9 Å². The van der Waals surface area contributed by atoms with Gasteiger partial charge in [-0.3, -0.25) is 4.79 Å². The number of alkyl halides is 6. The number of halogens is 6. The molecule has 2 aromatic heterocycles. The Bertz CT molecular complexity index is 903. The molecular formula is C19H17F6N3O4. The molecule has 3 heterocycles. The second-order valence-corrected chi connectivity index (χ2v) is 6.73. The van der Waals surface area contributed by atoms with Crippen molar-refractivity contribution in [3.63, 3.8) is 0 Å². The first-order valence-electron chi connectivity index (χ1n) is 9.24. The van der Waals surface area contributed by atoms with Crippen LogP contribution in [0.4, 0.5) is 26.3 Å². The Morgan fingerprint density at radius 2 is 1.72 bits per heavy atom. The SMILES string of the molecule is O=C(c1ccc(OCC(F)(F)F)nc1)N1CCOC(COc2ccc(C(F)(F)F)cn2)C1. The third kappa shape index (κ3) is 6.70. The lowest BCUT2D eigenvalue weighted by Crippen LogP contribution is -2.47. The molecule has 1 aliphatic rings. The summed E-state index contributed by atoms with van der Waals surface area (Å²) in [6.45, 7) is -0.955. The normalized spacial score (nSPS) is 17.2. The second-order valence-electron chi connectivity index (χ2n) is 6.73. The van der Waals surface area contributed by atoms with E-state index in [1.807, 2.05) is 0 Å². The average molecular weight is 465 g/mol. The van der Waals surface area contributed by atoms with Gasteiger partial charge in [0.05, 0.1) is 24.3 Å². The lowest BCUT2D eigenvalue weighted by Gasteiger charge is -2.32. The van der Waals surface area contributed by atoms with Gasteiger partial charge in [0.1, 0.15) is 12.7 Å². The molecule has 3 rings (SSSR count). The van der Waals surface area contributed by atoms with Crippen molar-refractivity contribution in [2.45, 2.75) is 18.5 Å². The Morgan fingerprint density at radius 3 is 2.31 bits per heavy atom. The highest BCUT2D eigenvalue weighted by Crippen LogP contribution is 2.29. The van der Waals surface area contributed by atoms with Crippen molar-refractivity contribution >= 4 is 5.91 Å². The molecule has 7 nitrogen and oxygen atoms in total. The lowest BCUT2D eigenvalue weighted by molar-refractivity contribution is -0.154. The third-order valence-electron chi connectivity index (χ3n) is 4.27. The zero-order valence-electron chi connectivity index (χ0n) is 16.3. The van der Waals surface area contributed by atoms with Crippen molar-refractivity contribution in [2.24, 2.45) is 0 Å². The third-order valence-corrected chi connectivity index (χ3v) is 4.27. The minimum atomic E-state index is -4.50. The highest BCUT2D eigenvalue weighted by atomic mass is 19.4. The molecule has 1 fully saturated rings. The van der Waals surface area contributed by atoms with Gasteiger partial charge in [0.15, 0.2) is 6.61 Å². The number of morpholine rings is 1. The van der Waals surface area contributed by atoms with Gasteiger partial charge >= 0.3 is 12.4 Å². The summed E-state index contributed by atoms with van der Waals surface area (Å²) in [7, 11) is 0. The number of carbonyl (C=O) groups is 1. The summed E-state index contributed by atoms with van der Waals surface area (Å²) in [4.78, 5) is 21.4. The average Bonchev–Trinajstić information content (AvgIpc) is 2.75. The van der Waals surface area contributed by atoms with Crippen molar-refractivity contribution in [1.29, 1.82) is 0 Å². The van der Waals surface area contributed by atoms with E-state index in [9.17, 15) is 31.1 Å². The molecule has 0 N–H and O–H groups in total. The minimum absolute atomic E-state index is 0.0244. The summed E-state index contributed by atoms with van der Waals surface area (Å²) >= 11 is 0. The maximum atomic E-state index is 12.6. The Kier molecular flexibility index (Phi) is 7.06. The molecular weight excluding hydrogens is 448 g/mol. The molecule has 1 atom stereocenters. The standard InChI is InChI=1S/C19H17F6N3O4/c20-18(21,22)11-32-16-3-1-12(7-26-16)17(29)28-5-6-30-14(9-28)10-31-15-4-2-13(8-27-15)19(23,24)25/h1-4,7-8,14H,5-6,9-11H2. The van der Waals surface area contributed by atoms with Gasteiger partial charge in [-0.25, -0.2) is 9.97 Å². The van der Waals surface area contributed by atoms with Crippen molar-refractivity contribution in [3.05, 3.63) is 47.8 Å². The largest absolute Gasteiger partial charge is 0.475 e. The minimum Gasteiger partial charge on any atom is -0.475 e. The Hall–Kier alpha value is -3.09. The maximum absolute atomic E-state index is 12.6. The Morgan fingerprint density at radius 1 is 1.03 bits per heavy atom. The summed E-state index contributed by atoms with van der Waals surface area (Å²) < 4.78 is 89.6. The van der Waals surface area contributed by atoms with Crippen LogP contribution in [0.3, 0.4) is 0 Å². The topological polar surface area (TPSA) is 73.8 Å². The summed E-state index contributed by atoms with van der Waals surface area (Å²) in [6.07, 6.45) is -7.80. The van der Waals surface area contributed by atoms with Gasteiger partial charge in [-0.15, -0.1) is 0 Å². The van der Waals surface area contributed by atoms with Crippen molar-refractivity contribution in [3.8, 4) is 11.8 Å². The van der Waals surface area contributed by atoms with E-state index in [1.54, 1.807) is 0 Å². The first-order valence-corrected chi connectivity index (χ1v) is 9.24. The van der Waals surface area contributed by atoms with Crippen LogP contribution in [0.15, 0.2) is 36.7 Å². The van der Waals surface area contributed by atoms with Gasteiger partial charge in [0.2, 0.25) is 11.8 Å². The van der Waals surface area contributed by atoms with Crippen LogP contribution in [-0.2, 0) is 10.9 Å². The smallest absolute Gasteiger partial charge is 0.422 e. The molecule has 0 spiro atoms. The van der Waals surface area contributed by atoms with Crippen molar-refractivity contribution < 1.29 is 45.3 Å². The van der Waals surface area contributed by atoms with Crippen LogP contribution < -0.4 is 9.47 Å². The predicted molar refractivity (Wildman–Crippen MR) is 96.2 cm³/mol. The highest BCUT2D eigenvalue weighted by molar-refractivity contribution is 5.94. The van der Waals surface area contributed by atoms with Crippen LogP contribution in [0, 0.1) is 0 Å². The number of amides is 1. The molecule has 0 saturated carbocycles. The summed E-state index contributed by atoms with van der Waals surface area (Å²) in [5.74, 6) is -0.708. The number of carbonyl (C=O) groups excluding carboxylic acids is 1. The molecule has 0 bridgehead atoms. The van der Waals surface area contributed by atoms with Crippen LogP contribution in [-0.4, -0.2) is 66.0 Å². The first kappa shape index (κ1) is 23.6. The molecule has 1 unspecified atom stereocenters. The molecule has 1 aliphatic heterocycles. The number of hydrogen-bond acceptors (Lipinski definition) is 6. The van der Waals surface area contributed by atoms with Gasteiger partial charge in [-0.2, -0.15) is 26.3 Å². The van der Waals surface area contributed by atoms with Crippen molar-refractivity contribution in [2.75, 3.05) is 32.9 Å².